The van der Waals surface area contributed by atoms with Crippen LogP contribution in [-0.2, 0) is 9.53 Å². The molecule has 0 aromatic carbocycles. The number of esters is 1. The summed E-state index contributed by atoms with van der Waals surface area (Å²) < 4.78 is 5.34. The molecule has 0 saturated carbocycles. The van der Waals surface area contributed by atoms with Crippen LogP contribution in [0.3, 0.4) is 0 Å². The molecule has 2 nitrogen and oxygen atoms in total. The largest absolute Gasteiger partial charge is 0.466 e. The molecule has 0 saturated heterocycles. The van der Waals surface area contributed by atoms with Crippen molar-refractivity contribution in [2.24, 2.45) is 0 Å². The maximum absolute atomic E-state index is 11.7. The van der Waals surface area contributed by atoms with Crippen LogP contribution >= 0.6 is 0 Å². The third-order valence-corrected chi connectivity index (χ3v) is 5.34. The summed E-state index contributed by atoms with van der Waals surface area (Å²) in [4.78, 5) is 11.7. The molecule has 0 aliphatic carbocycles. The zero-order chi connectivity index (χ0) is 21.3. The first-order valence-electron chi connectivity index (χ1n) is 12.8. The van der Waals surface area contributed by atoms with Crippen LogP contribution in [0.25, 0.3) is 0 Å². The van der Waals surface area contributed by atoms with E-state index in [1.807, 2.05) is 0 Å². The Hall–Kier alpha value is -1.05. The molecule has 0 aromatic rings. The van der Waals surface area contributed by atoms with Crippen molar-refractivity contribution < 1.29 is 9.53 Å². The van der Waals surface area contributed by atoms with Gasteiger partial charge in [0.05, 0.1) is 6.61 Å². The molecule has 0 unspecified atom stereocenters. The number of hydrogen-bond donors (Lipinski definition) is 0. The van der Waals surface area contributed by atoms with Gasteiger partial charge in [0.25, 0.3) is 0 Å². The Morgan fingerprint density at radius 3 is 1.72 bits per heavy atom. The lowest BCUT2D eigenvalue weighted by Gasteiger charge is -2.05. The Labute approximate surface area is 182 Å². The van der Waals surface area contributed by atoms with Crippen molar-refractivity contribution in [2.45, 2.75) is 136 Å². The third-order valence-electron chi connectivity index (χ3n) is 5.34. The number of hydrogen-bond acceptors (Lipinski definition) is 2. The molecule has 0 radical (unpaired) electrons. The number of rotatable bonds is 22. The Bertz CT molecular complexity index is 384. The molecular weight excluding hydrogens is 356 g/mol. The van der Waals surface area contributed by atoms with Gasteiger partial charge in [-0.25, -0.2) is 0 Å². The van der Waals surface area contributed by atoms with E-state index in [4.69, 9.17) is 4.74 Å². The molecule has 0 fully saturated rings. The average molecular weight is 407 g/mol. The van der Waals surface area contributed by atoms with Crippen LogP contribution in [0.2, 0.25) is 0 Å². The van der Waals surface area contributed by atoms with Crippen LogP contribution in [0.15, 0.2) is 24.3 Å². The Morgan fingerprint density at radius 2 is 1.07 bits per heavy atom. The number of carbonyl (C=O) groups excluding carboxylic acids is 1. The summed E-state index contributed by atoms with van der Waals surface area (Å²) in [5, 5.41) is 0. The lowest BCUT2D eigenvalue weighted by Crippen LogP contribution is -2.05. The number of unbranched alkanes of at least 4 members (excludes halogenated alkanes) is 14. The number of ether oxygens (including phenoxy) is 1. The molecule has 0 heterocycles. The highest BCUT2D eigenvalue weighted by Gasteiger charge is 2.02. The molecule has 2 heteroatoms. The summed E-state index contributed by atoms with van der Waals surface area (Å²) >= 11 is 0. The molecular formula is C27H50O2. The van der Waals surface area contributed by atoms with Crippen molar-refractivity contribution in [1.29, 1.82) is 0 Å². The van der Waals surface area contributed by atoms with Gasteiger partial charge in [-0.3, -0.25) is 4.79 Å². The van der Waals surface area contributed by atoms with E-state index in [9.17, 15) is 4.79 Å². The number of allylic oxidation sites excluding steroid dienone is 4. The van der Waals surface area contributed by atoms with Crippen LogP contribution in [0.5, 0.6) is 0 Å². The van der Waals surface area contributed by atoms with Crippen LogP contribution in [0, 0.1) is 0 Å². The molecule has 0 aliphatic heterocycles. The van der Waals surface area contributed by atoms with Gasteiger partial charge in [0.15, 0.2) is 0 Å². The molecule has 0 bridgehead atoms. The molecule has 170 valence electrons. The van der Waals surface area contributed by atoms with Gasteiger partial charge in [0.1, 0.15) is 0 Å². The van der Waals surface area contributed by atoms with Gasteiger partial charge in [-0.15, -0.1) is 0 Å². The van der Waals surface area contributed by atoms with Crippen molar-refractivity contribution in [1.82, 2.24) is 0 Å². The summed E-state index contributed by atoms with van der Waals surface area (Å²) in [7, 11) is 0. The molecule has 0 aliphatic rings. The molecule has 29 heavy (non-hydrogen) atoms. The smallest absolute Gasteiger partial charge is 0.305 e. The average Bonchev–Trinajstić information content (AvgIpc) is 2.72. The van der Waals surface area contributed by atoms with Crippen LogP contribution in [0.1, 0.15) is 136 Å². The molecule has 0 amide bonds. The fourth-order valence-electron chi connectivity index (χ4n) is 3.40. The maximum Gasteiger partial charge on any atom is 0.305 e. The van der Waals surface area contributed by atoms with E-state index in [0.29, 0.717) is 13.0 Å². The van der Waals surface area contributed by atoms with Gasteiger partial charge in [-0.2, -0.15) is 0 Å². The third kappa shape index (κ3) is 24.9. The second-order valence-electron chi connectivity index (χ2n) is 8.32. The first kappa shape index (κ1) is 27.9. The Morgan fingerprint density at radius 1 is 0.586 bits per heavy atom. The molecule has 0 aromatic heterocycles. The lowest BCUT2D eigenvalue weighted by atomic mass is 10.1. The zero-order valence-electron chi connectivity index (χ0n) is 19.8. The van der Waals surface area contributed by atoms with Crippen molar-refractivity contribution in [3.05, 3.63) is 24.3 Å². The maximum atomic E-state index is 11.7. The molecule has 0 atom stereocenters. The van der Waals surface area contributed by atoms with Crippen LogP contribution in [0.4, 0.5) is 0 Å². The van der Waals surface area contributed by atoms with E-state index in [1.54, 1.807) is 0 Å². The van der Waals surface area contributed by atoms with Gasteiger partial charge in [-0.1, -0.05) is 109 Å². The fraction of sp³-hybridized carbons (Fsp3) is 0.815. The van der Waals surface area contributed by atoms with Crippen LogP contribution < -0.4 is 0 Å². The lowest BCUT2D eigenvalue weighted by molar-refractivity contribution is -0.143. The second kappa shape index (κ2) is 25.0. The molecule has 0 spiro atoms. The highest BCUT2D eigenvalue weighted by molar-refractivity contribution is 5.69. The van der Waals surface area contributed by atoms with Gasteiger partial charge in [0.2, 0.25) is 0 Å². The minimum absolute atomic E-state index is 0.00154. The van der Waals surface area contributed by atoms with Crippen molar-refractivity contribution in [3.63, 3.8) is 0 Å². The first-order valence-corrected chi connectivity index (χ1v) is 12.8. The van der Waals surface area contributed by atoms with Gasteiger partial charge < -0.3 is 4.74 Å². The Balaban J connectivity index is 3.25. The first-order chi connectivity index (χ1) is 14.3. The van der Waals surface area contributed by atoms with E-state index in [0.717, 1.165) is 25.7 Å². The van der Waals surface area contributed by atoms with E-state index in [2.05, 4.69) is 38.2 Å². The van der Waals surface area contributed by atoms with E-state index >= 15 is 0 Å². The SMILES string of the molecule is CCCCC/C=C\C/C=C\CCCCCCCC(=O)OCCCCCCCCC. The monoisotopic (exact) mass is 406 g/mol. The quantitative estimate of drug-likeness (QED) is 0.102. The van der Waals surface area contributed by atoms with Gasteiger partial charge in [-0.05, 0) is 44.9 Å². The van der Waals surface area contributed by atoms with Crippen molar-refractivity contribution in [2.75, 3.05) is 6.61 Å². The van der Waals surface area contributed by atoms with E-state index < -0.39 is 0 Å². The zero-order valence-corrected chi connectivity index (χ0v) is 19.8. The summed E-state index contributed by atoms with van der Waals surface area (Å²) in [6, 6.07) is 0. The molecule has 0 N–H and O–H groups in total. The summed E-state index contributed by atoms with van der Waals surface area (Å²) in [6.45, 7) is 5.11. The highest BCUT2D eigenvalue weighted by Crippen LogP contribution is 2.10. The predicted octanol–water partition coefficient (Wildman–Crippen LogP) is 9.09. The summed E-state index contributed by atoms with van der Waals surface area (Å²) in [5.74, 6) is 0.00154. The molecule has 0 rings (SSSR count). The van der Waals surface area contributed by atoms with Gasteiger partial charge >= 0.3 is 5.97 Å². The van der Waals surface area contributed by atoms with Crippen molar-refractivity contribution >= 4 is 5.97 Å². The minimum Gasteiger partial charge on any atom is -0.466 e. The predicted molar refractivity (Wildman–Crippen MR) is 128 cm³/mol. The fourth-order valence-corrected chi connectivity index (χ4v) is 3.40. The minimum atomic E-state index is 0.00154. The second-order valence-corrected chi connectivity index (χ2v) is 8.32. The topological polar surface area (TPSA) is 26.3 Å². The standard InChI is InChI=1S/C27H50O2/c1-3-5-7-9-11-12-13-14-15-16-17-18-19-21-23-25-27(28)29-26-24-22-20-10-8-6-4-2/h11-12,14-15H,3-10,13,16-26H2,1-2H3/b12-11-,15-14-. The summed E-state index contributed by atoms with van der Waals surface area (Å²) in [5.41, 5.74) is 0. The number of carbonyl (C=O) groups is 1. The van der Waals surface area contributed by atoms with E-state index in [-0.39, 0.29) is 5.97 Å². The van der Waals surface area contributed by atoms with Crippen molar-refractivity contribution in [3.8, 4) is 0 Å². The Kier molecular flexibility index (Phi) is 24.1. The highest BCUT2D eigenvalue weighted by atomic mass is 16.5. The normalized spacial score (nSPS) is 11.7. The van der Waals surface area contributed by atoms with E-state index in [1.165, 1.54) is 89.9 Å². The van der Waals surface area contributed by atoms with Crippen LogP contribution in [-0.4, -0.2) is 12.6 Å². The van der Waals surface area contributed by atoms with Gasteiger partial charge in [0, 0.05) is 6.42 Å². The summed E-state index contributed by atoms with van der Waals surface area (Å²) in [6.07, 6.45) is 32.0.